The Kier molecular flexibility index (Phi) is 14.1. The van der Waals surface area contributed by atoms with Gasteiger partial charge >= 0.3 is 0 Å². The van der Waals surface area contributed by atoms with E-state index in [1.165, 1.54) is 25.7 Å². The first-order chi connectivity index (χ1) is 6.20. The Balaban J connectivity index is 0. The van der Waals surface area contributed by atoms with Gasteiger partial charge in [-0.3, -0.25) is 0 Å². The van der Waals surface area contributed by atoms with Crippen LogP contribution in [0.3, 0.4) is 0 Å². The molecule has 14 heavy (non-hydrogen) atoms. The molecular formula is C12H26OZn. The zero-order chi connectivity index (χ0) is 10.1. The minimum atomic E-state index is 0. The molecule has 0 spiro atoms. The maximum Gasteiger partial charge on any atom is 0.0491 e. The third-order valence-corrected chi connectivity index (χ3v) is 2.37. The summed E-state index contributed by atoms with van der Waals surface area (Å²) < 4.78 is 5.66. The molecule has 0 aliphatic carbocycles. The summed E-state index contributed by atoms with van der Waals surface area (Å²) in [6.07, 6.45) is 5.13. The summed E-state index contributed by atoms with van der Waals surface area (Å²) in [6.45, 7) is 10.9. The maximum atomic E-state index is 5.66. The Bertz CT molecular complexity index is 94.5. The van der Waals surface area contributed by atoms with Crippen molar-refractivity contribution < 1.29 is 24.2 Å². The number of ether oxygens (including phenoxy) is 1. The summed E-state index contributed by atoms with van der Waals surface area (Å²) >= 11 is 0. The van der Waals surface area contributed by atoms with Crippen molar-refractivity contribution in [2.75, 3.05) is 13.2 Å². The minimum Gasteiger partial charge on any atom is -0.381 e. The van der Waals surface area contributed by atoms with Gasteiger partial charge in [0.2, 0.25) is 0 Å². The first-order valence-corrected chi connectivity index (χ1v) is 5.78. The minimum absolute atomic E-state index is 0. The SMILES string of the molecule is CCCC(C)COCC(C)CCC.[Zn]. The van der Waals surface area contributed by atoms with Gasteiger partial charge in [0.15, 0.2) is 0 Å². The molecular weight excluding hydrogens is 226 g/mol. The maximum absolute atomic E-state index is 5.66. The van der Waals surface area contributed by atoms with Gasteiger partial charge in [0.25, 0.3) is 0 Å². The topological polar surface area (TPSA) is 9.23 Å². The molecule has 0 saturated heterocycles. The summed E-state index contributed by atoms with van der Waals surface area (Å²) in [5.74, 6) is 1.47. The average Bonchev–Trinajstić information content (AvgIpc) is 2.05. The predicted octanol–water partition coefficient (Wildman–Crippen LogP) is 3.87. The predicted molar refractivity (Wildman–Crippen MR) is 59.0 cm³/mol. The van der Waals surface area contributed by atoms with Crippen LogP contribution >= 0.6 is 0 Å². The van der Waals surface area contributed by atoms with E-state index in [1.54, 1.807) is 0 Å². The normalized spacial score (nSPS) is 14.6. The molecule has 2 unspecified atom stereocenters. The van der Waals surface area contributed by atoms with Crippen LogP contribution in [0, 0.1) is 11.8 Å². The largest absolute Gasteiger partial charge is 0.381 e. The monoisotopic (exact) mass is 250 g/mol. The standard InChI is InChI=1S/C12H26O.Zn/c1-5-7-11(3)9-13-10-12(4)8-6-2;/h11-12H,5-10H2,1-4H3;. The zero-order valence-electron chi connectivity index (χ0n) is 10.5. The van der Waals surface area contributed by atoms with E-state index in [4.69, 9.17) is 4.74 Å². The summed E-state index contributed by atoms with van der Waals surface area (Å²) in [7, 11) is 0. The average molecular weight is 252 g/mol. The fourth-order valence-electron chi connectivity index (χ4n) is 1.62. The van der Waals surface area contributed by atoms with Crippen molar-refractivity contribution in [3.8, 4) is 0 Å². The van der Waals surface area contributed by atoms with Gasteiger partial charge in [0, 0.05) is 32.7 Å². The molecule has 1 nitrogen and oxygen atoms in total. The Hall–Kier alpha value is 0.583. The molecule has 0 radical (unpaired) electrons. The van der Waals surface area contributed by atoms with Crippen LogP contribution < -0.4 is 0 Å². The summed E-state index contributed by atoms with van der Waals surface area (Å²) in [5, 5.41) is 0. The second-order valence-corrected chi connectivity index (χ2v) is 4.33. The molecule has 0 aliphatic rings. The van der Waals surface area contributed by atoms with Crippen LogP contribution in [0.5, 0.6) is 0 Å². The molecule has 0 aromatic heterocycles. The van der Waals surface area contributed by atoms with Crippen molar-refractivity contribution >= 4 is 0 Å². The van der Waals surface area contributed by atoms with Gasteiger partial charge in [0.05, 0.1) is 0 Å². The smallest absolute Gasteiger partial charge is 0.0491 e. The summed E-state index contributed by atoms with van der Waals surface area (Å²) in [4.78, 5) is 0. The fraction of sp³-hybridized carbons (Fsp3) is 1.00. The Labute approximate surface area is 103 Å². The van der Waals surface area contributed by atoms with Gasteiger partial charge in [-0.05, 0) is 24.7 Å². The molecule has 0 fully saturated rings. The first kappa shape index (κ1) is 17.0. The van der Waals surface area contributed by atoms with E-state index in [9.17, 15) is 0 Å². The van der Waals surface area contributed by atoms with Gasteiger partial charge in [-0.1, -0.05) is 40.5 Å². The Morgan fingerprint density at radius 3 is 1.50 bits per heavy atom. The molecule has 0 aromatic carbocycles. The van der Waals surface area contributed by atoms with Crippen molar-refractivity contribution in [2.24, 2.45) is 11.8 Å². The van der Waals surface area contributed by atoms with E-state index in [0.717, 1.165) is 25.0 Å². The summed E-state index contributed by atoms with van der Waals surface area (Å²) in [5.41, 5.74) is 0. The first-order valence-electron chi connectivity index (χ1n) is 5.78. The number of rotatable bonds is 8. The van der Waals surface area contributed by atoms with E-state index in [2.05, 4.69) is 27.7 Å². The molecule has 0 aromatic rings. The molecule has 0 rings (SSSR count). The molecule has 0 heterocycles. The molecule has 0 saturated carbocycles. The summed E-state index contributed by atoms with van der Waals surface area (Å²) in [6, 6.07) is 0. The molecule has 0 amide bonds. The van der Waals surface area contributed by atoms with Crippen LogP contribution in [-0.2, 0) is 24.2 Å². The quantitative estimate of drug-likeness (QED) is 0.595. The van der Waals surface area contributed by atoms with Crippen molar-refractivity contribution in [1.29, 1.82) is 0 Å². The molecule has 0 bridgehead atoms. The molecule has 82 valence electrons. The van der Waals surface area contributed by atoms with Crippen LogP contribution in [-0.4, -0.2) is 13.2 Å². The van der Waals surface area contributed by atoms with Crippen LogP contribution in [0.15, 0.2) is 0 Å². The second-order valence-electron chi connectivity index (χ2n) is 4.33. The molecule has 2 heteroatoms. The van der Waals surface area contributed by atoms with Gasteiger partial charge in [-0.15, -0.1) is 0 Å². The van der Waals surface area contributed by atoms with E-state index in [1.807, 2.05) is 0 Å². The fourth-order valence-corrected chi connectivity index (χ4v) is 1.62. The van der Waals surface area contributed by atoms with Crippen LogP contribution in [0.25, 0.3) is 0 Å². The van der Waals surface area contributed by atoms with Crippen molar-refractivity contribution in [1.82, 2.24) is 0 Å². The number of hydrogen-bond acceptors (Lipinski definition) is 1. The van der Waals surface area contributed by atoms with Gasteiger partial charge < -0.3 is 4.74 Å². The zero-order valence-corrected chi connectivity index (χ0v) is 13.5. The second kappa shape index (κ2) is 11.7. The van der Waals surface area contributed by atoms with Gasteiger partial charge in [0.1, 0.15) is 0 Å². The van der Waals surface area contributed by atoms with Crippen LogP contribution in [0.4, 0.5) is 0 Å². The van der Waals surface area contributed by atoms with Gasteiger partial charge in [-0.2, -0.15) is 0 Å². The number of hydrogen-bond donors (Lipinski definition) is 0. The van der Waals surface area contributed by atoms with Crippen LogP contribution in [0.2, 0.25) is 0 Å². The third-order valence-electron chi connectivity index (χ3n) is 2.37. The molecule has 0 aliphatic heterocycles. The van der Waals surface area contributed by atoms with Crippen molar-refractivity contribution in [3.05, 3.63) is 0 Å². The molecule has 0 N–H and O–H groups in total. The third kappa shape index (κ3) is 10.7. The van der Waals surface area contributed by atoms with Crippen LogP contribution in [0.1, 0.15) is 53.4 Å². The van der Waals surface area contributed by atoms with Crippen molar-refractivity contribution in [3.63, 3.8) is 0 Å². The van der Waals surface area contributed by atoms with E-state index in [0.29, 0.717) is 0 Å². The van der Waals surface area contributed by atoms with E-state index < -0.39 is 0 Å². The van der Waals surface area contributed by atoms with E-state index in [-0.39, 0.29) is 19.5 Å². The van der Waals surface area contributed by atoms with Crippen molar-refractivity contribution in [2.45, 2.75) is 53.4 Å². The Morgan fingerprint density at radius 1 is 0.857 bits per heavy atom. The Morgan fingerprint density at radius 2 is 1.21 bits per heavy atom. The molecule has 2 atom stereocenters. The van der Waals surface area contributed by atoms with E-state index >= 15 is 0 Å². The van der Waals surface area contributed by atoms with Gasteiger partial charge in [-0.25, -0.2) is 0 Å².